The molecule has 0 fully saturated rings. The SMILES string of the molecule is Cc1cccc(N(C2=CCC(c3ccc(N(c4cccc(C)c4)C4C=CC=CC4)cc3)C=C2)C2=CC=CCC2)c1. The van der Waals surface area contributed by atoms with E-state index in [1.807, 2.05) is 0 Å². The van der Waals surface area contributed by atoms with Crippen LogP contribution in [-0.2, 0) is 0 Å². The lowest BCUT2D eigenvalue weighted by Gasteiger charge is -2.33. The summed E-state index contributed by atoms with van der Waals surface area (Å²) in [6.07, 6.45) is 26.9. The molecule has 0 bridgehead atoms. The van der Waals surface area contributed by atoms with Crippen molar-refractivity contribution in [3.05, 3.63) is 162 Å². The molecule has 0 aliphatic heterocycles. The van der Waals surface area contributed by atoms with Gasteiger partial charge in [0.2, 0.25) is 0 Å². The molecule has 2 atom stereocenters. The second-order valence-electron chi connectivity index (χ2n) is 11.0. The predicted molar refractivity (Wildman–Crippen MR) is 171 cm³/mol. The van der Waals surface area contributed by atoms with E-state index in [1.54, 1.807) is 0 Å². The molecular weight excluding hydrogens is 484 g/mol. The number of nitrogens with zero attached hydrogens (tertiary/aromatic N) is 2. The Morgan fingerprint density at radius 3 is 2.12 bits per heavy atom. The Morgan fingerprint density at radius 1 is 0.700 bits per heavy atom. The molecule has 0 saturated carbocycles. The molecule has 3 aliphatic rings. The van der Waals surface area contributed by atoms with Crippen molar-refractivity contribution in [1.29, 1.82) is 0 Å². The van der Waals surface area contributed by atoms with Crippen molar-refractivity contribution in [2.75, 3.05) is 9.80 Å². The Labute approximate surface area is 239 Å². The summed E-state index contributed by atoms with van der Waals surface area (Å²) in [5.41, 5.74) is 10.3. The van der Waals surface area contributed by atoms with Gasteiger partial charge in [0, 0.05) is 34.4 Å². The molecule has 0 heterocycles. The van der Waals surface area contributed by atoms with Gasteiger partial charge in [-0.2, -0.15) is 0 Å². The van der Waals surface area contributed by atoms with Crippen LogP contribution in [0.4, 0.5) is 17.1 Å². The highest BCUT2D eigenvalue weighted by atomic mass is 15.2. The lowest BCUT2D eigenvalue weighted by Crippen LogP contribution is -2.29. The first kappa shape index (κ1) is 26.0. The summed E-state index contributed by atoms with van der Waals surface area (Å²) in [4.78, 5) is 4.91. The summed E-state index contributed by atoms with van der Waals surface area (Å²) in [5, 5.41) is 0. The first-order valence-corrected chi connectivity index (χ1v) is 14.6. The summed E-state index contributed by atoms with van der Waals surface area (Å²) in [5.74, 6) is 0.377. The fourth-order valence-corrected chi connectivity index (χ4v) is 6.00. The van der Waals surface area contributed by atoms with Crippen molar-refractivity contribution in [2.45, 2.75) is 51.5 Å². The van der Waals surface area contributed by atoms with E-state index < -0.39 is 0 Å². The summed E-state index contributed by atoms with van der Waals surface area (Å²) < 4.78 is 0. The lowest BCUT2D eigenvalue weighted by atomic mass is 9.90. The second kappa shape index (κ2) is 11.8. The Kier molecular flexibility index (Phi) is 7.68. The zero-order valence-electron chi connectivity index (χ0n) is 23.6. The quantitative estimate of drug-likeness (QED) is 0.305. The normalized spacial score (nSPS) is 19.8. The lowest BCUT2D eigenvalue weighted by molar-refractivity contribution is 0.783. The molecule has 0 saturated heterocycles. The van der Waals surface area contributed by atoms with Crippen LogP contribution >= 0.6 is 0 Å². The van der Waals surface area contributed by atoms with Gasteiger partial charge in [-0.1, -0.05) is 85.0 Å². The maximum atomic E-state index is 2.47. The van der Waals surface area contributed by atoms with Gasteiger partial charge in [0.25, 0.3) is 0 Å². The molecule has 3 aromatic rings. The van der Waals surface area contributed by atoms with Crippen LogP contribution in [0.25, 0.3) is 0 Å². The molecular formula is C38H38N2. The van der Waals surface area contributed by atoms with Crippen molar-refractivity contribution >= 4 is 17.1 Å². The number of hydrogen-bond donors (Lipinski definition) is 0. The molecule has 0 amide bonds. The summed E-state index contributed by atoms with van der Waals surface area (Å²) >= 11 is 0. The minimum Gasteiger partial charge on any atom is -0.334 e. The van der Waals surface area contributed by atoms with E-state index in [0.29, 0.717) is 12.0 Å². The third-order valence-corrected chi connectivity index (χ3v) is 8.05. The Morgan fingerprint density at radius 2 is 1.48 bits per heavy atom. The van der Waals surface area contributed by atoms with Crippen LogP contribution in [0.1, 0.15) is 48.3 Å². The molecule has 0 aromatic heterocycles. The van der Waals surface area contributed by atoms with Crippen LogP contribution < -0.4 is 9.80 Å². The molecule has 0 spiro atoms. The van der Waals surface area contributed by atoms with Crippen molar-refractivity contribution in [1.82, 2.24) is 0 Å². The molecule has 2 unspecified atom stereocenters. The second-order valence-corrected chi connectivity index (χ2v) is 11.0. The van der Waals surface area contributed by atoms with Gasteiger partial charge in [-0.15, -0.1) is 0 Å². The molecule has 40 heavy (non-hydrogen) atoms. The highest BCUT2D eigenvalue weighted by Gasteiger charge is 2.22. The van der Waals surface area contributed by atoms with Crippen molar-refractivity contribution < 1.29 is 0 Å². The number of allylic oxidation sites excluding steroid dienone is 9. The van der Waals surface area contributed by atoms with Crippen molar-refractivity contribution in [3.8, 4) is 0 Å². The standard InChI is InChI=1S/C38H38N2/c1-29-11-9-17-37(27-29)39(33-13-5-3-6-14-33)35-23-19-31(20-24-35)32-21-25-36(26-22-32)40(34-15-7-4-8-16-34)38-18-10-12-30(2)28-38/h3-7,9-13,15,17-21,23-28,32-33H,8,14,16,22H2,1-2H3. The van der Waals surface area contributed by atoms with Gasteiger partial charge in [-0.05, 0) is 105 Å². The van der Waals surface area contributed by atoms with E-state index in [9.17, 15) is 0 Å². The third-order valence-electron chi connectivity index (χ3n) is 8.05. The van der Waals surface area contributed by atoms with E-state index in [1.165, 1.54) is 45.1 Å². The van der Waals surface area contributed by atoms with Crippen molar-refractivity contribution in [2.24, 2.45) is 0 Å². The number of rotatable bonds is 7. The van der Waals surface area contributed by atoms with E-state index in [2.05, 4.69) is 157 Å². The average Bonchev–Trinajstić information content (AvgIpc) is 3.00. The van der Waals surface area contributed by atoms with Crippen molar-refractivity contribution in [3.63, 3.8) is 0 Å². The first-order valence-electron chi connectivity index (χ1n) is 14.6. The van der Waals surface area contributed by atoms with Gasteiger partial charge in [-0.25, -0.2) is 0 Å². The molecule has 0 radical (unpaired) electrons. The zero-order chi connectivity index (χ0) is 27.3. The predicted octanol–water partition coefficient (Wildman–Crippen LogP) is 9.99. The van der Waals surface area contributed by atoms with Crippen LogP contribution in [-0.4, -0.2) is 6.04 Å². The highest BCUT2D eigenvalue weighted by Crippen LogP contribution is 2.36. The number of anilines is 3. The van der Waals surface area contributed by atoms with Gasteiger partial charge < -0.3 is 9.80 Å². The van der Waals surface area contributed by atoms with E-state index in [4.69, 9.17) is 0 Å². The van der Waals surface area contributed by atoms with Gasteiger partial charge >= 0.3 is 0 Å². The minimum absolute atomic E-state index is 0.314. The minimum atomic E-state index is 0.314. The van der Waals surface area contributed by atoms with Crippen LogP contribution in [0, 0.1) is 13.8 Å². The Balaban J connectivity index is 1.24. The molecule has 3 aromatic carbocycles. The molecule has 6 rings (SSSR count). The monoisotopic (exact) mass is 522 g/mol. The summed E-state index contributed by atoms with van der Waals surface area (Å²) in [6, 6.07) is 27.2. The zero-order valence-corrected chi connectivity index (χ0v) is 23.6. The molecule has 200 valence electrons. The molecule has 0 N–H and O–H groups in total. The molecule has 2 heteroatoms. The van der Waals surface area contributed by atoms with E-state index in [-0.39, 0.29) is 0 Å². The van der Waals surface area contributed by atoms with Gasteiger partial charge in [0.05, 0.1) is 6.04 Å². The largest absolute Gasteiger partial charge is 0.334 e. The maximum Gasteiger partial charge on any atom is 0.0559 e. The fraction of sp³-hybridized carbons (Fsp3) is 0.211. The topological polar surface area (TPSA) is 6.48 Å². The van der Waals surface area contributed by atoms with E-state index >= 15 is 0 Å². The first-order chi connectivity index (χ1) is 19.7. The van der Waals surface area contributed by atoms with Gasteiger partial charge in [0.15, 0.2) is 0 Å². The number of hydrogen-bond acceptors (Lipinski definition) is 2. The number of benzene rings is 3. The van der Waals surface area contributed by atoms with Crippen LogP contribution in [0.15, 0.2) is 145 Å². The van der Waals surface area contributed by atoms with Gasteiger partial charge in [-0.3, -0.25) is 0 Å². The maximum absolute atomic E-state index is 2.47. The summed E-state index contributed by atoms with van der Waals surface area (Å²) in [6.45, 7) is 4.34. The third kappa shape index (κ3) is 5.67. The van der Waals surface area contributed by atoms with Crippen LogP contribution in [0.2, 0.25) is 0 Å². The average molecular weight is 523 g/mol. The number of aryl methyl sites for hydroxylation is 2. The van der Waals surface area contributed by atoms with E-state index in [0.717, 1.165) is 25.7 Å². The Hall–Kier alpha value is -4.30. The van der Waals surface area contributed by atoms with Crippen LogP contribution in [0.5, 0.6) is 0 Å². The van der Waals surface area contributed by atoms with Gasteiger partial charge in [0.1, 0.15) is 0 Å². The molecule has 2 nitrogen and oxygen atoms in total. The molecule has 3 aliphatic carbocycles. The summed E-state index contributed by atoms with van der Waals surface area (Å²) in [7, 11) is 0. The smallest absolute Gasteiger partial charge is 0.0559 e. The Bertz CT molecular complexity index is 1530. The van der Waals surface area contributed by atoms with Crippen LogP contribution in [0.3, 0.4) is 0 Å². The highest BCUT2D eigenvalue weighted by molar-refractivity contribution is 5.67. The fourth-order valence-electron chi connectivity index (χ4n) is 6.00.